The highest BCUT2D eigenvalue weighted by molar-refractivity contribution is 7.45. The monoisotopic (exact) mass is 1210 g/mol. The summed E-state index contributed by atoms with van der Waals surface area (Å²) in [6, 6.07) is -0.888. The fraction of sp³-hybridized carbons (Fsp3) is 0.829. The number of rotatable bonds is 68. The molecule has 0 saturated carbocycles. The first-order chi connectivity index (χ1) is 41.5. The lowest BCUT2D eigenvalue weighted by molar-refractivity contribution is -0.870. The van der Waals surface area contributed by atoms with E-state index < -0.39 is 20.0 Å². The molecule has 0 fully saturated rings. The molecule has 8 nitrogen and oxygen atoms in total. The molecule has 0 aliphatic rings. The van der Waals surface area contributed by atoms with Crippen molar-refractivity contribution in [2.24, 2.45) is 0 Å². The SMILES string of the molecule is CC/C=C\C/C=C\C/C=C\C/C=C\C/C=C\CCCCCCCCCCCCCCCCCCCCCCCCCCCC(=O)NC(COP(=O)([O-])OCC[N+](C)(C)C)C(O)/C=C/CCCCCCCCCCCCCCCCCCCCCC. The largest absolute Gasteiger partial charge is 0.756 e. The van der Waals surface area contributed by atoms with E-state index in [-0.39, 0.29) is 19.1 Å². The van der Waals surface area contributed by atoms with Crippen molar-refractivity contribution in [2.45, 2.75) is 366 Å². The van der Waals surface area contributed by atoms with Gasteiger partial charge in [0.2, 0.25) is 5.91 Å². The van der Waals surface area contributed by atoms with Gasteiger partial charge in [0.15, 0.2) is 0 Å². The van der Waals surface area contributed by atoms with Crippen molar-refractivity contribution in [1.29, 1.82) is 0 Å². The maximum atomic E-state index is 13.0. The van der Waals surface area contributed by atoms with Crippen LogP contribution >= 0.6 is 7.82 Å². The first-order valence-corrected chi connectivity index (χ1v) is 38.3. The van der Waals surface area contributed by atoms with Crippen LogP contribution in [0.3, 0.4) is 0 Å². The molecule has 0 bridgehead atoms. The number of hydrogen-bond donors (Lipinski definition) is 2. The fourth-order valence-electron chi connectivity index (χ4n) is 11.0. The van der Waals surface area contributed by atoms with Crippen LogP contribution in [-0.4, -0.2) is 68.5 Å². The summed E-state index contributed by atoms with van der Waals surface area (Å²) in [6.45, 7) is 4.58. The van der Waals surface area contributed by atoms with E-state index in [1.54, 1.807) is 6.08 Å². The third kappa shape index (κ3) is 69.3. The van der Waals surface area contributed by atoms with E-state index in [0.29, 0.717) is 17.4 Å². The number of hydrogen-bond acceptors (Lipinski definition) is 6. The van der Waals surface area contributed by atoms with Gasteiger partial charge in [-0.1, -0.05) is 356 Å². The van der Waals surface area contributed by atoms with Crippen LogP contribution in [0.2, 0.25) is 0 Å². The molecule has 0 aromatic heterocycles. The molecular formula is C76H143N2O6P. The first-order valence-electron chi connectivity index (χ1n) is 36.8. The second-order valence-corrected chi connectivity index (χ2v) is 27.7. The van der Waals surface area contributed by atoms with Gasteiger partial charge in [-0.05, 0) is 64.2 Å². The van der Waals surface area contributed by atoms with Gasteiger partial charge in [-0.25, -0.2) is 0 Å². The number of aliphatic hydroxyl groups is 1. The molecule has 0 rings (SSSR count). The highest BCUT2D eigenvalue weighted by Crippen LogP contribution is 2.38. The van der Waals surface area contributed by atoms with Crippen LogP contribution in [0.5, 0.6) is 0 Å². The highest BCUT2D eigenvalue weighted by atomic mass is 31.2. The minimum absolute atomic E-state index is 0.000163. The molecule has 0 aliphatic carbocycles. The van der Waals surface area contributed by atoms with E-state index in [4.69, 9.17) is 9.05 Å². The van der Waals surface area contributed by atoms with Gasteiger partial charge in [-0.2, -0.15) is 0 Å². The van der Waals surface area contributed by atoms with E-state index >= 15 is 0 Å². The van der Waals surface area contributed by atoms with E-state index in [1.165, 1.54) is 263 Å². The molecule has 0 heterocycles. The van der Waals surface area contributed by atoms with Gasteiger partial charge >= 0.3 is 0 Å². The number of quaternary nitrogens is 1. The zero-order chi connectivity index (χ0) is 61.9. The first kappa shape index (κ1) is 82.9. The minimum Gasteiger partial charge on any atom is -0.756 e. The molecule has 0 aromatic carbocycles. The Kier molecular flexibility index (Phi) is 64.8. The molecule has 1 amide bonds. The second-order valence-electron chi connectivity index (χ2n) is 26.3. The third-order valence-corrected chi connectivity index (χ3v) is 17.6. The molecule has 0 aliphatic heterocycles. The number of unbranched alkanes of at least 4 members (excludes halogenated alkanes) is 45. The summed E-state index contributed by atoms with van der Waals surface area (Å²) in [6.07, 6.45) is 93.3. The lowest BCUT2D eigenvalue weighted by atomic mass is 10.0. The van der Waals surface area contributed by atoms with Gasteiger partial charge in [-0.3, -0.25) is 9.36 Å². The lowest BCUT2D eigenvalue weighted by Crippen LogP contribution is -2.45. The number of aliphatic hydroxyl groups excluding tert-OH is 1. The van der Waals surface area contributed by atoms with Crippen molar-refractivity contribution in [2.75, 3.05) is 40.9 Å². The predicted octanol–water partition coefficient (Wildman–Crippen LogP) is 23.1. The third-order valence-electron chi connectivity index (χ3n) is 16.7. The van der Waals surface area contributed by atoms with Crippen LogP contribution in [0.25, 0.3) is 0 Å². The second kappa shape index (κ2) is 66.4. The van der Waals surface area contributed by atoms with E-state index in [2.05, 4.69) is 79.9 Å². The summed E-state index contributed by atoms with van der Waals surface area (Å²) < 4.78 is 23.5. The Bertz CT molecular complexity index is 1620. The summed E-state index contributed by atoms with van der Waals surface area (Å²) in [5, 5.41) is 14.0. The van der Waals surface area contributed by atoms with Crippen LogP contribution in [0.1, 0.15) is 354 Å². The molecule has 85 heavy (non-hydrogen) atoms. The number of amides is 1. The van der Waals surface area contributed by atoms with Crippen LogP contribution in [0.15, 0.2) is 72.9 Å². The summed E-state index contributed by atoms with van der Waals surface area (Å²) in [4.78, 5) is 25.6. The molecule has 498 valence electrons. The number of likely N-dealkylation sites (N-methyl/N-ethyl adjacent to an activating group) is 1. The zero-order valence-corrected chi connectivity index (χ0v) is 58.0. The fourth-order valence-corrected chi connectivity index (χ4v) is 11.7. The Balaban J connectivity index is 3.93. The minimum atomic E-state index is -4.60. The van der Waals surface area contributed by atoms with Gasteiger partial charge < -0.3 is 28.8 Å². The number of carbonyl (C=O) groups excluding carboxylic acids is 1. The Morgan fingerprint density at radius 2 is 0.718 bits per heavy atom. The molecule has 3 unspecified atom stereocenters. The number of allylic oxidation sites excluding steroid dienone is 11. The number of carbonyl (C=O) groups is 1. The molecular weight excluding hydrogens is 1070 g/mol. The average molecular weight is 1210 g/mol. The number of nitrogens with one attached hydrogen (secondary N) is 1. The van der Waals surface area contributed by atoms with Crippen molar-refractivity contribution < 1.29 is 32.9 Å². The van der Waals surface area contributed by atoms with E-state index in [9.17, 15) is 19.4 Å². The molecule has 9 heteroatoms. The molecule has 2 N–H and O–H groups in total. The Hall–Kier alpha value is -2.06. The topological polar surface area (TPSA) is 108 Å². The molecule has 0 spiro atoms. The summed E-state index contributed by atoms with van der Waals surface area (Å²) in [5.74, 6) is -0.191. The Labute approximate surface area is 529 Å². The van der Waals surface area contributed by atoms with Crippen molar-refractivity contribution in [3.63, 3.8) is 0 Å². The molecule has 0 radical (unpaired) electrons. The zero-order valence-electron chi connectivity index (χ0n) is 57.1. The lowest BCUT2D eigenvalue weighted by Gasteiger charge is -2.29. The van der Waals surface area contributed by atoms with Gasteiger partial charge in [0.25, 0.3) is 7.82 Å². The van der Waals surface area contributed by atoms with Crippen molar-refractivity contribution in [1.82, 2.24) is 5.32 Å². The smallest absolute Gasteiger partial charge is 0.268 e. The predicted molar refractivity (Wildman–Crippen MR) is 371 cm³/mol. The van der Waals surface area contributed by atoms with Gasteiger partial charge in [-0.15, -0.1) is 0 Å². The maximum absolute atomic E-state index is 13.0. The Morgan fingerprint density at radius 1 is 0.424 bits per heavy atom. The van der Waals surface area contributed by atoms with E-state index in [1.807, 2.05) is 27.2 Å². The van der Waals surface area contributed by atoms with Crippen LogP contribution in [-0.2, 0) is 18.4 Å². The number of phosphoric acid groups is 1. The van der Waals surface area contributed by atoms with Gasteiger partial charge in [0.1, 0.15) is 13.2 Å². The van der Waals surface area contributed by atoms with Crippen molar-refractivity contribution in [3.8, 4) is 0 Å². The molecule has 0 aromatic rings. The number of phosphoric ester groups is 1. The standard InChI is InChI=1S/C76H143N2O6P/c1-6-8-10-12-14-16-18-20-22-24-26-28-30-31-32-33-34-35-36-37-38-39-40-41-42-43-44-45-46-47-48-50-52-54-56-58-60-62-64-66-68-70-76(80)77-74(73-84-85(81,82)83-72-71-78(3,4)5)75(79)69-67-65-63-61-59-57-55-53-51-49-29-27-25-23-21-19-17-15-13-11-9-7-2/h8,10,14,16,20,22,26,28,31-32,67,69,74-75,79H,6-7,9,11-13,15,17-19,21,23-25,27,29-30,33-66,68,70-73H2,1-5H3,(H-,77,80,81,82)/b10-8-,16-14-,22-20-,28-26-,32-31-,69-67+. The molecule has 0 saturated heterocycles. The highest BCUT2D eigenvalue weighted by Gasteiger charge is 2.23. The maximum Gasteiger partial charge on any atom is 0.268 e. The van der Waals surface area contributed by atoms with Crippen LogP contribution < -0.4 is 10.2 Å². The van der Waals surface area contributed by atoms with Crippen LogP contribution in [0, 0.1) is 0 Å². The van der Waals surface area contributed by atoms with Gasteiger partial charge in [0.05, 0.1) is 39.9 Å². The summed E-state index contributed by atoms with van der Waals surface area (Å²) >= 11 is 0. The average Bonchev–Trinajstić information content (AvgIpc) is 3.48. The summed E-state index contributed by atoms with van der Waals surface area (Å²) in [7, 11) is 1.28. The molecule has 3 atom stereocenters. The number of nitrogens with zero attached hydrogens (tertiary/aromatic N) is 1. The van der Waals surface area contributed by atoms with Crippen molar-refractivity contribution in [3.05, 3.63) is 72.9 Å². The Morgan fingerprint density at radius 3 is 1.05 bits per heavy atom. The summed E-state index contributed by atoms with van der Waals surface area (Å²) in [5.41, 5.74) is 0. The van der Waals surface area contributed by atoms with Gasteiger partial charge in [0, 0.05) is 6.42 Å². The quantitative estimate of drug-likeness (QED) is 0.0272. The van der Waals surface area contributed by atoms with Crippen molar-refractivity contribution >= 4 is 13.7 Å². The van der Waals surface area contributed by atoms with Crippen LogP contribution in [0.4, 0.5) is 0 Å². The van der Waals surface area contributed by atoms with E-state index in [0.717, 1.165) is 70.6 Å². The normalized spacial score (nSPS) is 14.0.